The molecule has 0 saturated heterocycles. The topological polar surface area (TPSA) is 76.2 Å². The number of nitrogens with zero attached hydrogens (tertiary/aromatic N) is 1. The number of carboxylic acids is 1. The van der Waals surface area contributed by atoms with Gasteiger partial charge in [0.05, 0.1) is 16.8 Å². The van der Waals surface area contributed by atoms with E-state index in [9.17, 15) is 9.90 Å². The Kier molecular flexibility index (Phi) is 5.70. The fraction of sp³-hybridized carbons (Fsp3) is 0.0833. The Balaban J connectivity index is 0.000000271. The lowest BCUT2D eigenvalue weighted by Crippen LogP contribution is -2.04. The Morgan fingerprint density at radius 1 is 0.857 bits per heavy atom. The molecule has 0 fully saturated rings. The van der Waals surface area contributed by atoms with Gasteiger partial charge >= 0.3 is 5.97 Å². The third-order valence-corrected chi connectivity index (χ3v) is 4.47. The maximum Gasteiger partial charge on any atom is 0.336 e. The SMILES string of the molecule is Cc1ccc(-c2nc3ccccc3c(C(=O)O)c2C)cc1.Nc1ccccc1. The van der Waals surface area contributed by atoms with E-state index in [-0.39, 0.29) is 0 Å². The van der Waals surface area contributed by atoms with Crippen LogP contribution in [0.5, 0.6) is 0 Å². The average Bonchev–Trinajstić information content (AvgIpc) is 2.69. The summed E-state index contributed by atoms with van der Waals surface area (Å²) in [5.41, 5.74) is 10.7. The van der Waals surface area contributed by atoms with Gasteiger partial charge in [0.25, 0.3) is 0 Å². The predicted octanol–water partition coefficient (Wildman–Crippen LogP) is 5.49. The molecule has 4 rings (SSSR count). The van der Waals surface area contributed by atoms with E-state index in [0.717, 1.165) is 22.5 Å². The first kappa shape index (κ1) is 19.1. The van der Waals surface area contributed by atoms with Gasteiger partial charge in [-0.2, -0.15) is 0 Å². The highest BCUT2D eigenvalue weighted by Gasteiger charge is 2.17. The van der Waals surface area contributed by atoms with E-state index >= 15 is 0 Å². The molecule has 0 radical (unpaired) electrons. The number of benzene rings is 3. The largest absolute Gasteiger partial charge is 0.478 e. The van der Waals surface area contributed by atoms with E-state index in [1.807, 2.05) is 86.6 Å². The molecule has 0 aliphatic heterocycles. The van der Waals surface area contributed by atoms with Crippen LogP contribution in [0.15, 0.2) is 78.9 Å². The number of aromatic nitrogens is 1. The highest BCUT2D eigenvalue weighted by Crippen LogP contribution is 2.29. The zero-order valence-corrected chi connectivity index (χ0v) is 15.9. The Morgan fingerprint density at radius 2 is 1.46 bits per heavy atom. The number of anilines is 1. The zero-order valence-electron chi connectivity index (χ0n) is 15.9. The van der Waals surface area contributed by atoms with Crippen LogP contribution in [0.3, 0.4) is 0 Å². The van der Waals surface area contributed by atoms with Crippen molar-refractivity contribution in [1.29, 1.82) is 0 Å². The second-order valence-corrected chi connectivity index (χ2v) is 6.56. The number of hydrogen-bond donors (Lipinski definition) is 2. The highest BCUT2D eigenvalue weighted by atomic mass is 16.4. The smallest absolute Gasteiger partial charge is 0.336 e. The normalized spacial score (nSPS) is 10.2. The fourth-order valence-corrected chi connectivity index (χ4v) is 3.03. The van der Waals surface area contributed by atoms with E-state index in [2.05, 4.69) is 4.98 Å². The van der Waals surface area contributed by atoms with Gasteiger partial charge in [0.1, 0.15) is 0 Å². The molecule has 4 nitrogen and oxygen atoms in total. The van der Waals surface area contributed by atoms with Crippen LogP contribution in [0.4, 0.5) is 5.69 Å². The molecule has 28 heavy (non-hydrogen) atoms. The van der Waals surface area contributed by atoms with Crippen molar-refractivity contribution in [3.05, 3.63) is 95.6 Å². The van der Waals surface area contributed by atoms with Crippen molar-refractivity contribution in [3.63, 3.8) is 0 Å². The highest BCUT2D eigenvalue weighted by molar-refractivity contribution is 6.05. The van der Waals surface area contributed by atoms with Gasteiger partial charge in [-0.05, 0) is 37.6 Å². The zero-order chi connectivity index (χ0) is 20.1. The number of hydrogen-bond acceptors (Lipinski definition) is 3. The minimum absolute atomic E-state index is 0.330. The first-order valence-corrected chi connectivity index (χ1v) is 8.97. The molecule has 0 saturated carbocycles. The summed E-state index contributed by atoms with van der Waals surface area (Å²) in [5.74, 6) is -0.917. The van der Waals surface area contributed by atoms with Crippen molar-refractivity contribution >= 4 is 22.6 Å². The van der Waals surface area contributed by atoms with Gasteiger partial charge in [-0.1, -0.05) is 66.2 Å². The van der Waals surface area contributed by atoms with Crippen molar-refractivity contribution in [1.82, 2.24) is 4.98 Å². The molecule has 0 aliphatic rings. The number of rotatable bonds is 2. The van der Waals surface area contributed by atoms with Crippen molar-refractivity contribution in [2.75, 3.05) is 5.73 Å². The second-order valence-electron chi connectivity index (χ2n) is 6.56. The predicted molar refractivity (Wildman–Crippen MR) is 114 cm³/mol. The molecule has 140 valence electrons. The van der Waals surface area contributed by atoms with Crippen molar-refractivity contribution in [2.24, 2.45) is 0 Å². The molecule has 0 aliphatic carbocycles. The van der Waals surface area contributed by atoms with E-state index in [0.29, 0.717) is 22.0 Å². The quantitative estimate of drug-likeness (QED) is 0.458. The first-order chi connectivity index (χ1) is 13.5. The van der Waals surface area contributed by atoms with Crippen LogP contribution < -0.4 is 5.73 Å². The van der Waals surface area contributed by atoms with Crippen LogP contribution in [-0.4, -0.2) is 16.1 Å². The molecular weight excluding hydrogens is 348 g/mol. The van der Waals surface area contributed by atoms with Crippen LogP contribution >= 0.6 is 0 Å². The van der Waals surface area contributed by atoms with Crippen LogP contribution in [-0.2, 0) is 0 Å². The lowest BCUT2D eigenvalue weighted by molar-refractivity contribution is 0.0698. The molecule has 4 aromatic rings. The number of nitrogens with two attached hydrogens (primary N) is 1. The summed E-state index contributed by atoms with van der Waals surface area (Å²) in [6.07, 6.45) is 0. The number of aryl methyl sites for hydroxylation is 1. The van der Waals surface area contributed by atoms with Crippen LogP contribution in [0, 0.1) is 13.8 Å². The Labute approximate surface area is 164 Å². The van der Waals surface area contributed by atoms with Gasteiger partial charge in [0, 0.05) is 16.6 Å². The van der Waals surface area contributed by atoms with E-state index < -0.39 is 5.97 Å². The third-order valence-electron chi connectivity index (χ3n) is 4.47. The average molecular weight is 370 g/mol. The summed E-state index contributed by atoms with van der Waals surface area (Å²) in [4.78, 5) is 16.3. The van der Waals surface area contributed by atoms with Gasteiger partial charge < -0.3 is 10.8 Å². The number of para-hydroxylation sites is 2. The number of aromatic carboxylic acids is 1. The maximum absolute atomic E-state index is 11.6. The molecule has 0 amide bonds. The van der Waals surface area contributed by atoms with Crippen LogP contribution in [0.1, 0.15) is 21.5 Å². The summed E-state index contributed by atoms with van der Waals surface area (Å²) in [5, 5.41) is 10.2. The number of fused-ring (bicyclic) bond motifs is 1. The summed E-state index contributed by atoms with van der Waals surface area (Å²) in [7, 11) is 0. The molecule has 1 heterocycles. The third kappa shape index (κ3) is 4.18. The van der Waals surface area contributed by atoms with Crippen molar-refractivity contribution < 1.29 is 9.90 Å². The maximum atomic E-state index is 11.6. The Hall–Kier alpha value is -3.66. The van der Waals surface area contributed by atoms with E-state index in [4.69, 9.17) is 5.73 Å². The number of carboxylic acid groups (broad SMARTS) is 1. The monoisotopic (exact) mass is 370 g/mol. The number of nitrogen functional groups attached to an aromatic ring is 1. The van der Waals surface area contributed by atoms with Crippen LogP contribution in [0.2, 0.25) is 0 Å². The van der Waals surface area contributed by atoms with Gasteiger partial charge in [0.15, 0.2) is 0 Å². The number of pyridine rings is 1. The number of carbonyl (C=O) groups is 1. The van der Waals surface area contributed by atoms with Crippen molar-refractivity contribution in [2.45, 2.75) is 13.8 Å². The molecule has 3 N–H and O–H groups in total. The van der Waals surface area contributed by atoms with Crippen molar-refractivity contribution in [3.8, 4) is 11.3 Å². The molecule has 1 aromatic heterocycles. The molecule has 4 heteroatoms. The molecule has 0 spiro atoms. The second kappa shape index (κ2) is 8.35. The lowest BCUT2D eigenvalue weighted by atomic mass is 9.97. The molecule has 0 atom stereocenters. The molecule has 0 unspecified atom stereocenters. The van der Waals surface area contributed by atoms with E-state index in [1.54, 1.807) is 6.07 Å². The summed E-state index contributed by atoms with van der Waals surface area (Å²) < 4.78 is 0. The summed E-state index contributed by atoms with van der Waals surface area (Å²) in [6.45, 7) is 3.84. The molecule has 0 bridgehead atoms. The summed E-state index contributed by atoms with van der Waals surface area (Å²) >= 11 is 0. The lowest BCUT2D eigenvalue weighted by Gasteiger charge is -2.12. The standard InChI is InChI=1S/C18H15NO2.C6H7N/c1-11-7-9-13(10-8-11)17-12(2)16(18(20)21)14-5-3-4-6-15(14)19-17;7-6-4-2-1-3-5-6/h3-10H,1-2H3,(H,20,21);1-5H,7H2. The van der Waals surface area contributed by atoms with Gasteiger partial charge in [0.2, 0.25) is 0 Å². The molecule has 3 aromatic carbocycles. The minimum atomic E-state index is -0.917. The Morgan fingerprint density at radius 3 is 2.04 bits per heavy atom. The van der Waals surface area contributed by atoms with Gasteiger partial charge in [-0.15, -0.1) is 0 Å². The first-order valence-electron chi connectivity index (χ1n) is 8.97. The van der Waals surface area contributed by atoms with E-state index in [1.165, 1.54) is 0 Å². The molecular formula is C24H22N2O2. The Bertz CT molecular complexity index is 1100. The fourth-order valence-electron chi connectivity index (χ4n) is 3.03. The summed E-state index contributed by atoms with van der Waals surface area (Å²) in [6, 6.07) is 24.8. The minimum Gasteiger partial charge on any atom is -0.478 e. The van der Waals surface area contributed by atoms with Gasteiger partial charge in [-0.3, -0.25) is 0 Å². The van der Waals surface area contributed by atoms with Gasteiger partial charge in [-0.25, -0.2) is 9.78 Å². The van der Waals surface area contributed by atoms with Crippen LogP contribution in [0.25, 0.3) is 22.2 Å².